The summed E-state index contributed by atoms with van der Waals surface area (Å²) in [5, 5.41) is 11.9. The number of hydrogen-bond donors (Lipinski definition) is 1. The fourth-order valence-corrected chi connectivity index (χ4v) is 7.48. The van der Waals surface area contributed by atoms with Gasteiger partial charge in [-0.2, -0.15) is 5.26 Å². The van der Waals surface area contributed by atoms with Gasteiger partial charge in [-0.1, -0.05) is 19.1 Å². The number of amides is 1. The summed E-state index contributed by atoms with van der Waals surface area (Å²) in [7, 11) is -3.28. The smallest absolute Gasteiger partial charge is 0.261 e. The molecule has 0 unspecified atom stereocenters. The number of fused-ring (bicyclic) bond motifs is 2. The third kappa shape index (κ3) is 5.67. The summed E-state index contributed by atoms with van der Waals surface area (Å²) < 4.78 is 59.2. The molecule has 1 fully saturated rings. The number of thiophene rings is 1. The number of nitrogens with zero attached hydrogens (tertiary/aromatic N) is 2. The van der Waals surface area contributed by atoms with Crippen molar-refractivity contribution in [1.29, 1.82) is 5.26 Å². The van der Waals surface area contributed by atoms with E-state index in [0.29, 0.717) is 43.8 Å². The zero-order chi connectivity index (χ0) is 28.5. The predicted molar refractivity (Wildman–Crippen MR) is 147 cm³/mol. The largest absolute Gasteiger partial charge is 0.369 e. The normalized spacial score (nSPS) is 16.9. The molecule has 3 heterocycles. The third-order valence-electron chi connectivity index (χ3n) is 7.63. The van der Waals surface area contributed by atoms with Crippen LogP contribution in [0.2, 0.25) is 0 Å². The van der Waals surface area contributed by atoms with Crippen molar-refractivity contribution in [3.05, 3.63) is 86.1 Å². The van der Waals surface area contributed by atoms with Crippen molar-refractivity contribution in [2.45, 2.75) is 49.8 Å². The first kappa shape index (κ1) is 28.4. The summed E-state index contributed by atoms with van der Waals surface area (Å²) in [5.74, 6) is -1.61. The second-order valence-electron chi connectivity index (χ2n) is 10.1. The average Bonchev–Trinajstić information content (AvgIpc) is 3.41. The number of carbonyl (C=O) groups is 1. The van der Waals surface area contributed by atoms with Gasteiger partial charge in [0.1, 0.15) is 17.2 Å². The zero-order valence-electron chi connectivity index (χ0n) is 22.0. The third-order valence-corrected chi connectivity index (χ3v) is 10.7. The number of sulfone groups is 1. The fraction of sp³-hybridized carbons (Fsp3) is 0.379. The van der Waals surface area contributed by atoms with Crippen LogP contribution in [-0.2, 0) is 39.7 Å². The summed E-state index contributed by atoms with van der Waals surface area (Å²) in [6, 6.07) is 12.3. The highest BCUT2D eigenvalue weighted by Gasteiger charge is 2.43. The number of ether oxygens (including phenoxy) is 1. The molecule has 1 aromatic heterocycles. The van der Waals surface area contributed by atoms with Crippen LogP contribution in [0.5, 0.6) is 0 Å². The lowest BCUT2D eigenvalue weighted by Gasteiger charge is -2.43. The Morgan fingerprint density at radius 1 is 1.15 bits per heavy atom. The lowest BCUT2D eigenvalue weighted by molar-refractivity contribution is -0.0962. The summed E-state index contributed by atoms with van der Waals surface area (Å²) in [4.78, 5) is 16.9. The number of likely N-dealkylation sites (tertiary alicyclic amines) is 1. The molecule has 1 amide bonds. The van der Waals surface area contributed by atoms with Crippen molar-refractivity contribution in [2.75, 3.05) is 25.4 Å². The van der Waals surface area contributed by atoms with Crippen LogP contribution in [0.25, 0.3) is 0 Å². The molecule has 0 bridgehead atoms. The molecule has 5 rings (SSSR count). The zero-order valence-corrected chi connectivity index (χ0v) is 23.6. The average molecular weight is 586 g/mol. The summed E-state index contributed by atoms with van der Waals surface area (Å²) in [6.07, 6.45) is 1.97. The molecular formula is C29H29F2N3O4S2. The summed E-state index contributed by atoms with van der Waals surface area (Å²) in [5.41, 5.74) is 1.27. The first-order valence-corrected chi connectivity index (χ1v) is 15.6. The number of nitriles is 1. The first-order valence-electron chi connectivity index (χ1n) is 13.1. The Kier molecular flexibility index (Phi) is 8.06. The van der Waals surface area contributed by atoms with Gasteiger partial charge in [-0.3, -0.25) is 9.69 Å². The van der Waals surface area contributed by atoms with Crippen LogP contribution in [-0.4, -0.2) is 44.7 Å². The number of rotatable bonds is 7. The van der Waals surface area contributed by atoms with E-state index >= 15 is 0 Å². The number of halogens is 2. The molecule has 1 spiro atoms. The van der Waals surface area contributed by atoms with Gasteiger partial charge >= 0.3 is 0 Å². The van der Waals surface area contributed by atoms with E-state index in [9.17, 15) is 22.0 Å². The van der Waals surface area contributed by atoms with Gasteiger partial charge < -0.3 is 10.1 Å². The van der Waals surface area contributed by atoms with Gasteiger partial charge in [-0.25, -0.2) is 17.2 Å². The van der Waals surface area contributed by atoms with Crippen molar-refractivity contribution in [1.82, 2.24) is 10.2 Å². The topological polar surface area (TPSA) is 99.5 Å². The maximum absolute atomic E-state index is 14.4. The number of nitrogens with one attached hydrogen (secondary N) is 1. The van der Waals surface area contributed by atoms with Crippen LogP contribution in [0.15, 0.2) is 47.4 Å². The van der Waals surface area contributed by atoms with Crippen molar-refractivity contribution >= 4 is 27.1 Å². The SMILES string of the molecule is CCS(=O)(=O)c1ccc(CNC(=O)c2cc3c(s2)C2(CCN(Cc4c(F)cc(C#N)cc4F)CC2)OCC3)cc1. The molecule has 0 aliphatic carbocycles. The Morgan fingerprint density at radius 3 is 2.45 bits per heavy atom. The molecular weight excluding hydrogens is 556 g/mol. The van der Waals surface area contributed by atoms with Gasteiger partial charge in [0.15, 0.2) is 9.84 Å². The van der Waals surface area contributed by atoms with E-state index in [-0.39, 0.29) is 40.8 Å². The highest BCUT2D eigenvalue weighted by Crippen LogP contribution is 2.45. The second kappa shape index (κ2) is 11.4. The number of piperidine rings is 1. The highest BCUT2D eigenvalue weighted by molar-refractivity contribution is 7.91. The van der Waals surface area contributed by atoms with Crippen LogP contribution in [0, 0.1) is 23.0 Å². The highest BCUT2D eigenvalue weighted by atomic mass is 32.2. The molecule has 40 heavy (non-hydrogen) atoms. The maximum Gasteiger partial charge on any atom is 0.261 e. The lowest BCUT2D eigenvalue weighted by atomic mass is 9.85. The van der Waals surface area contributed by atoms with E-state index in [2.05, 4.69) is 5.32 Å². The Morgan fingerprint density at radius 2 is 1.82 bits per heavy atom. The number of carbonyl (C=O) groups excluding carboxylic acids is 1. The van der Waals surface area contributed by atoms with E-state index in [1.54, 1.807) is 37.3 Å². The monoisotopic (exact) mass is 585 g/mol. The van der Waals surface area contributed by atoms with Crippen molar-refractivity contribution in [3.8, 4) is 6.07 Å². The van der Waals surface area contributed by atoms with E-state index in [0.717, 1.165) is 28.1 Å². The Labute approximate surface area is 236 Å². The maximum atomic E-state index is 14.4. The van der Waals surface area contributed by atoms with E-state index in [1.165, 1.54) is 11.3 Å². The van der Waals surface area contributed by atoms with Gasteiger partial charge in [0.25, 0.3) is 5.91 Å². The van der Waals surface area contributed by atoms with Crippen molar-refractivity contribution < 1.29 is 26.7 Å². The van der Waals surface area contributed by atoms with E-state index in [1.807, 2.05) is 11.0 Å². The predicted octanol–water partition coefficient (Wildman–Crippen LogP) is 4.69. The second-order valence-corrected chi connectivity index (χ2v) is 13.4. The molecule has 0 radical (unpaired) electrons. The number of hydrogen-bond acceptors (Lipinski definition) is 7. The molecule has 7 nitrogen and oxygen atoms in total. The Hall–Kier alpha value is -3.17. The molecule has 0 atom stereocenters. The summed E-state index contributed by atoms with van der Waals surface area (Å²) in [6.45, 7) is 3.66. The minimum atomic E-state index is -3.28. The summed E-state index contributed by atoms with van der Waals surface area (Å²) >= 11 is 1.42. The molecule has 2 aliphatic rings. The Bertz CT molecular complexity index is 1550. The minimum Gasteiger partial charge on any atom is -0.369 e. The van der Waals surface area contributed by atoms with Crippen LogP contribution in [0.1, 0.15) is 56.6 Å². The number of benzene rings is 2. The van der Waals surface area contributed by atoms with Crippen LogP contribution in [0.4, 0.5) is 8.78 Å². The van der Waals surface area contributed by atoms with Gasteiger partial charge in [0.05, 0.1) is 33.8 Å². The Balaban J connectivity index is 1.23. The van der Waals surface area contributed by atoms with Crippen molar-refractivity contribution in [2.24, 2.45) is 0 Å². The molecule has 3 aromatic rings. The molecule has 1 saturated heterocycles. The van der Waals surface area contributed by atoms with Gasteiger partial charge in [0.2, 0.25) is 0 Å². The van der Waals surface area contributed by atoms with Gasteiger partial charge in [-0.15, -0.1) is 11.3 Å². The lowest BCUT2D eigenvalue weighted by Crippen LogP contribution is -2.45. The molecule has 11 heteroatoms. The van der Waals surface area contributed by atoms with E-state index < -0.39 is 27.1 Å². The quantitative estimate of drug-likeness (QED) is 0.432. The minimum absolute atomic E-state index is 0.0313. The van der Waals surface area contributed by atoms with Gasteiger partial charge in [-0.05, 0) is 60.7 Å². The first-order chi connectivity index (χ1) is 19.1. The van der Waals surface area contributed by atoms with Crippen LogP contribution < -0.4 is 5.32 Å². The van der Waals surface area contributed by atoms with Gasteiger partial charge in [0, 0.05) is 36.6 Å². The molecule has 0 saturated carbocycles. The molecule has 1 N–H and O–H groups in total. The fourth-order valence-electron chi connectivity index (χ4n) is 5.27. The molecule has 210 valence electrons. The van der Waals surface area contributed by atoms with E-state index in [4.69, 9.17) is 10.00 Å². The van der Waals surface area contributed by atoms with Crippen molar-refractivity contribution in [3.63, 3.8) is 0 Å². The van der Waals surface area contributed by atoms with Crippen LogP contribution in [0.3, 0.4) is 0 Å². The van der Waals surface area contributed by atoms with Crippen LogP contribution >= 0.6 is 11.3 Å². The molecule has 2 aliphatic heterocycles. The molecule has 2 aromatic carbocycles. The standard InChI is InChI=1S/C29H29F2N3O4S2/c1-2-40(36,37)22-5-3-19(4-6-22)17-33-28(35)26-15-21-7-12-38-29(27(21)39-26)8-10-34(11-9-29)18-23-24(30)13-20(16-32)14-25(23)31/h3-6,13-15H,2,7-12,17-18H2,1H3,(H,33,35).